The van der Waals surface area contributed by atoms with Crippen molar-refractivity contribution < 1.29 is 14.7 Å². The van der Waals surface area contributed by atoms with Crippen molar-refractivity contribution in [2.45, 2.75) is 6.42 Å². The average Bonchev–Trinajstić information content (AvgIpc) is 2.09. The molecule has 0 aromatic heterocycles. The summed E-state index contributed by atoms with van der Waals surface area (Å²) in [6.07, 6.45) is 4.73. The number of amides is 1. The van der Waals surface area contributed by atoms with Gasteiger partial charge in [0.15, 0.2) is 0 Å². The van der Waals surface area contributed by atoms with E-state index >= 15 is 0 Å². The van der Waals surface area contributed by atoms with E-state index in [9.17, 15) is 9.59 Å². The maximum absolute atomic E-state index is 10.8. The molecule has 0 aromatic carbocycles. The van der Waals surface area contributed by atoms with Crippen molar-refractivity contribution in [3.8, 4) is 0 Å². The van der Waals surface area contributed by atoms with Crippen molar-refractivity contribution in [1.29, 1.82) is 0 Å². The average molecular weight is 203 g/mol. The fourth-order valence-electron chi connectivity index (χ4n) is 0.634. The lowest BCUT2D eigenvalue weighted by atomic mass is 10.4. The van der Waals surface area contributed by atoms with Gasteiger partial charge in [-0.2, -0.15) is 11.8 Å². The second kappa shape index (κ2) is 7.67. The molecule has 1 amide bonds. The van der Waals surface area contributed by atoms with Gasteiger partial charge in [0.1, 0.15) is 0 Å². The van der Waals surface area contributed by atoms with E-state index in [1.807, 2.05) is 6.26 Å². The van der Waals surface area contributed by atoms with Gasteiger partial charge in [0.25, 0.3) is 0 Å². The largest absolute Gasteiger partial charge is 0.478 e. The lowest BCUT2D eigenvalue weighted by Crippen LogP contribution is -2.22. The van der Waals surface area contributed by atoms with Crippen molar-refractivity contribution in [2.75, 3.05) is 18.6 Å². The molecule has 0 bridgehead atoms. The van der Waals surface area contributed by atoms with Crippen molar-refractivity contribution >= 4 is 23.6 Å². The molecule has 0 aliphatic carbocycles. The van der Waals surface area contributed by atoms with E-state index in [-0.39, 0.29) is 5.91 Å². The predicted octanol–water partition coefficient (Wildman–Crippen LogP) is 0.496. The minimum absolute atomic E-state index is 0.358. The highest BCUT2D eigenvalue weighted by Gasteiger charge is 1.94. The quantitative estimate of drug-likeness (QED) is 0.487. The number of carbonyl (C=O) groups excluding carboxylic acids is 1. The third kappa shape index (κ3) is 8.94. The number of rotatable bonds is 6. The van der Waals surface area contributed by atoms with E-state index in [1.54, 1.807) is 11.8 Å². The van der Waals surface area contributed by atoms with Gasteiger partial charge in [-0.1, -0.05) is 0 Å². The SMILES string of the molecule is CSCCCNC(=O)C=CC(=O)O. The molecule has 5 heteroatoms. The van der Waals surface area contributed by atoms with E-state index < -0.39 is 5.97 Å². The second-order valence-corrected chi connectivity index (χ2v) is 3.29. The maximum Gasteiger partial charge on any atom is 0.328 e. The molecule has 13 heavy (non-hydrogen) atoms. The Morgan fingerprint density at radius 2 is 2.15 bits per heavy atom. The topological polar surface area (TPSA) is 66.4 Å². The number of hydrogen-bond acceptors (Lipinski definition) is 3. The van der Waals surface area contributed by atoms with Gasteiger partial charge in [0, 0.05) is 18.7 Å². The van der Waals surface area contributed by atoms with Gasteiger partial charge in [0.2, 0.25) is 5.91 Å². The molecule has 0 fully saturated rings. The summed E-state index contributed by atoms with van der Waals surface area (Å²) in [6.45, 7) is 0.587. The first-order valence-corrected chi connectivity index (χ1v) is 5.24. The maximum atomic E-state index is 10.8. The summed E-state index contributed by atoms with van der Waals surface area (Å²) >= 11 is 1.71. The van der Waals surface area contributed by atoms with Crippen molar-refractivity contribution in [3.63, 3.8) is 0 Å². The first-order valence-electron chi connectivity index (χ1n) is 3.84. The van der Waals surface area contributed by atoms with Gasteiger partial charge in [-0.25, -0.2) is 4.79 Å². The lowest BCUT2D eigenvalue weighted by Gasteiger charge is -1.99. The number of carboxylic acids is 1. The van der Waals surface area contributed by atoms with Crippen LogP contribution in [0.2, 0.25) is 0 Å². The Morgan fingerprint density at radius 1 is 1.46 bits per heavy atom. The zero-order chi connectivity index (χ0) is 10.1. The summed E-state index contributed by atoms with van der Waals surface area (Å²) < 4.78 is 0. The number of nitrogens with one attached hydrogen (secondary N) is 1. The van der Waals surface area contributed by atoms with Gasteiger partial charge in [0.05, 0.1) is 0 Å². The van der Waals surface area contributed by atoms with Gasteiger partial charge in [-0.15, -0.1) is 0 Å². The van der Waals surface area contributed by atoms with E-state index in [0.717, 1.165) is 24.3 Å². The third-order valence-electron chi connectivity index (χ3n) is 1.20. The summed E-state index contributed by atoms with van der Waals surface area (Å²) in [7, 11) is 0. The first kappa shape index (κ1) is 12.0. The van der Waals surface area contributed by atoms with E-state index in [2.05, 4.69) is 5.32 Å². The van der Waals surface area contributed by atoms with Gasteiger partial charge < -0.3 is 10.4 Å². The van der Waals surface area contributed by atoms with Crippen LogP contribution < -0.4 is 5.32 Å². The van der Waals surface area contributed by atoms with Crippen LogP contribution in [-0.2, 0) is 9.59 Å². The Labute approximate surface area is 81.4 Å². The van der Waals surface area contributed by atoms with Crippen LogP contribution in [0, 0.1) is 0 Å². The lowest BCUT2D eigenvalue weighted by molar-refractivity contribution is -0.131. The molecule has 0 heterocycles. The Bertz CT molecular complexity index is 204. The van der Waals surface area contributed by atoms with Crippen molar-refractivity contribution in [3.05, 3.63) is 12.2 Å². The molecule has 2 N–H and O–H groups in total. The highest BCUT2D eigenvalue weighted by Crippen LogP contribution is 1.93. The predicted molar refractivity (Wildman–Crippen MR) is 52.8 cm³/mol. The molecular weight excluding hydrogens is 190 g/mol. The van der Waals surface area contributed by atoms with Crippen molar-refractivity contribution in [2.24, 2.45) is 0 Å². The fourth-order valence-corrected chi connectivity index (χ4v) is 1.07. The summed E-state index contributed by atoms with van der Waals surface area (Å²) in [5, 5.41) is 10.8. The van der Waals surface area contributed by atoms with Crippen LogP contribution in [-0.4, -0.2) is 35.5 Å². The zero-order valence-electron chi connectivity index (χ0n) is 7.45. The summed E-state index contributed by atoms with van der Waals surface area (Å²) in [5.74, 6) is -0.481. The number of carbonyl (C=O) groups is 2. The highest BCUT2D eigenvalue weighted by atomic mass is 32.2. The van der Waals surface area contributed by atoms with Crippen LogP contribution in [0.1, 0.15) is 6.42 Å². The number of thioether (sulfide) groups is 1. The molecule has 0 spiro atoms. The molecule has 4 nitrogen and oxygen atoms in total. The molecule has 0 rings (SSSR count). The Hall–Kier alpha value is -0.970. The highest BCUT2D eigenvalue weighted by molar-refractivity contribution is 7.98. The second-order valence-electron chi connectivity index (χ2n) is 2.31. The summed E-state index contributed by atoms with van der Waals surface area (Å²) in [4.78, 5) is 20.9. The molecule has 0 unspecified atom stereocenters. The van der Waals surface area contributed by atoms with Gasteiger partial charge >= 0.3 is 5.97 Å². The molecule has 0 aromatic rings. The minimum Gasteiger partial charge on any atom is -0.478 e. The zero-order valence-corrected chi connectivity index (χ0v) is 8.26. The van der Waals surface area contributed by atoms with Crippen LogP contribution in [0.4, 0.5) is 0 Å². The standard InChI is InChI=1S/C8H13NO3S/c1-13-6-2-5-9-7(10)3-4-8(11)12/h3-4H,2,5-6H2,1H3,(H,9,10)(H,11,12). The monoisotopic (exact) mass is 203 g/mol. The van der Waals surface area contributed by atoms with Crippen LogP contribution in [0.5, 0.6) is 0 Å². The number of hydrogen-bond donors (Lipinski definition) is 2. The van der Waals surface area contributed by atoms with E-state index in [0.29, 0.717) is 6.54 Å². The Balaban J connectivity index is 3.46. The molecule has 0 saturated carbocycles. The van der Waals surface area contributed by atoms with E-state index in [1.165, 1.54) is 0 Å². The molecule has 0 saturated heterocycles. The van der Waals surface area contributed by atoms with Crippen LogP contribution in [0.25, 0.3) is 0 Å². The van der Waals surface area contributed by atoms with Crippen molar-refractivity contribution in [1.82, 2.24) is 5.32 Å². The van der Waals surface area contributed by atoms with E-state index in [4.69, 9.17) is 5.11 Å². The third-order valence-corrected chi connectivity index (χ3v) is 1.90. The summed E-state index contributed by atoms with van der Waals surface area (Å²) in [6, 6.07) is 0. The Morgan fingerprint density at radius 3 is 2.69 bits per heavy atom. The van der Waals surface area contributed by atoms with Gasteiger partial charge in [-0.3, -0.25) is 4.79 Å². The smallest absolute Gasteiger partial charge is 0.328 e. The molecular formula is C8H13NO3S. The van der Waals surface area contributed by atoms with Crippen LogP contribution in [0.15, 0.2) is 12.2 Å². The molecule has 0 atom stereocenters. The molecule has 74 valence electrons. The minimum atomic E-state index is -1.11. The fraction of sp³-hybridized carbons (Fsp3) is 0.500. The number of aliphatic carboxylic acids is 1. The molecule has 0 aliphatic heterocycles. The molecule has 0 aliphatic rings. The normalized spacial score (nSPS) is 10.2. The molecule has 0 radical (unpaired) electrons. The van der Waals surface area contributed by atoms with Crippen LogP contribution >= 0.6 is 11.8 Å². The first-order chi connectivity index (χ1) is 6.16. The van der Waals surface area contributed by atoms with Crippen LogP contribution in [0.3, 0.4) is 0 Å². The number of carboxylic acid groups (broad SMARTS) is 1. The Kier molecular flexibility index (Phi) is 7.10. The summed E-state index contributed by atoms with van der Waals surface area (Å²) in [5.41, 5.74) is 0. The van der Waals surface area contributed by atoms with Gasteiger partial charge in [-0.05, 0) is 18.4 Å².